The van der Waals surface area contributed by atoms with E-state index in [2.05, 4.69) is 5.32 Å². The summed E-state index contributed by atoms with van der Waals surface area (Å²) in [4.78, 5) is 22.0. The van der Waals surface area contributed by atoms with Crippen molar-refractivity contribution in [2.24, 2.45) is 0 Å². The molecule has 0 unspecified atom stereocenters. The van der Waals surface area contributed by atoms with Crippen LogP contribution in [0.2, 0.25) is 0 Å². The maximum atomic E-state index is 11.4. The standard InChI is InChI=1S/C10H19NO3/c1-5-14-9(13)10(3,4)11-7-6-8(2)12/h11H,5-7H2,1-4H3. The van der Waals surface area contributed by atoms with Crippen molar-refractivity contribution in [2.45, 2.75) is 39.7 Å². The molecular formula is C10H19NO3. The lowest BCUT2D eigenvalue weighted by molar-refractivity contribution is -0.149. The Kier molecular flexibility index (Phi) is 5.38. The smallest absolute Gasteiger partial charge is 0.325 e. The zero-order valence-corrected chi connectivity index (χ0v) is 9.35. The molecule has 0 saturated carbocycles. The summed E-state index contributed by atoms with van der Waals surface area (Å²) < 4.78 is 4.88. The van der Waals surface area contributed by atoms with Crippen LogP contribution in [0.5, 0.6) is 0 Å². The van der Waals surface area contributed by atoms with Crippen LogP contribution in [-0.4, -0.2) is 30.4 Å². The van der Waals surface area contributed by atoms with Gasteiger partial charge in [0.2, 0.25) is 0 Å². The number of carbonyl (C=O) groups is 2. The van der Waals surface area contributed by atoms with Crippen LogP contribution in [0.15, 0.2) is 0 Å². The number of carbonyl (C=O) groups excluding carboxylic acids is 2. The van der Waals surface area contributed by atoms with Gasteiger partial charge in [-0.15, -0.1) is 0 Å². The summed E-state index contributed by atoms with van der Waals surface area (Å²) in [5.41, 5.74) is -0.717. The van der Waals surface area contributed by atoms with Crippen molar-refractivity contribution < 1.29 is 14.3 Å². The minimum absolute atomic E-state index is 0.108. The molecule has 0 bridgehead atoms. The van der Waals surface area contributed by atoms with Gasteiger partial charge in [0.05, 0.1) is 6.61 Å². The van der Waals surface area contributed by atoms with Crippen LogP contribution in [0.25, 0.3) is 0 Å². The monoisotopic (exact) mass is 201 g/mol. The van der Waals surface area contributed by atoms with Crippen LogP contribution in [0.4, 0.5) is 0 Å². The molecule has 0 aliphatic rings. The highest BCUT2D eigenvalue weighted by atomic mass is 16.5. The zero-order valence-electron chi connectivity index (χ0n) is 9.35. The summed E-state index contributed by atoms with van der Waals surface area (Å²) in [5, 5.41) is 2.98. The predicted octanol–water partition coefficient (Wildman–Crippen LogP) is 0.897. The molecule has 0 radical (unpaired) electrons. The van der Waals surface area contributed by atoms with Crippen molar-refractivity contribution >= 4 is 11.8 Å². The van der Waals surface area contributed by atoms with Gasteiger partial charge in [0.15, 0.2) is 0 Å². The first-order valence-corrected chi connectivity index (χ1v) is 4.82. The molecule has 4 nitrogen and oxygen atoms in total. The molecule has 0 spiro atoms. The second-order valence-corrected chi connectivity index (χ2v) is 3.72. The highest BCUT2D eigenvalue weighted by Crippen LogP contribution is 2.04. The van der Waals surface area contributed by atoms with E-state index in [0.29, 0.717) is 19.6 Å². The first kappa shape index (κ1) is 13.1. The SMILES string of the molecule is CCOC(=O)C(C)(C)NCCC(C)=O. The average molecular weight is 201 g/mol. The number of hydrogen-bond acceptors (Lipinski definition) is 4. The van der Waals surface area contributed by atoms with Gasteiger partial charge < -0.3 is 10.1 Å². The molecular weight excluding hydrogens is 182 g/mol. The van der Waals surface area contributed by atoms with Crippen molar-refractivity contribution in [3.8, 4) is 0 Å². The van der Waals surface area contributed by atoms with E-state index < -0.39 is 5.54 Å². The lowest BCUT2D eigenvalue weighted by atomic mass is 10.1. The molecule has 0 fully saturated rings. The summed E-state index contributed by atoms with van der Waals surface area (Å²) in [5.74, 6) is -0.180. The molecule has 0 aromatic rings. The van der Waals surface area contributed by atoms with Gasteiger partial charge in [-0.1, -0.05) is 0 Å². The fourth-order valence-electron chi connectivity index (χ4n) is 0.935. The maximum Gasteiger partial charge on any atom is 0.325 e. The summed E-state index contributed by atoms with van der Waals surface area (Å²) in [6.45, 7) is 7.65. The third-order valence-electron chi connectivity index (χ3n) is 1.83. The fraction of sp³-hybridized carbons (Fsp3) is 0.800. The van der Waals surface area contributed by atoms with Gasteiger partial charge in [-0.3, -0.25) is 9.59 Å². The molecule has 0 atom stereocenters. The lowest BCUT2D eigenvalue weighted by Gasteiger charge is -2.23. The van der Waals surface area contributed by atoms with Gasteiger partial charge in [-0.05, 0) is 27.7 Å². The molecule has 14 heavy (non-hydrogen) atoms. The fourth-order valence-corrected chi connectivity index (χ4v) is 0.935. The van der Waals surface area contributed by atoms with Crippen LogP contribution in [-0.2, 0) is 14.3 Å². The van der Waals surface area contributed by atoms with Crippen LogP contribution in [0, 0.1) is 0 Å². The Bertz CT molecular complexity index is 211. The molecule has 0 saturated heterocycles. The second kappa shape index (κ2) is 5.75. The quantitative estimate of drug-likeness (QED) is 0.649. The van der Waals surface area contributed by atoms with Crippen molar-refractivity contribution in [1.82, 2.24) is 5.32 Å². The van der Waals surface area contributed by atoms with E-state index >= 15 is 0 Å². The molecule has 0 rings (SSSR count). The molecule has 0 aliphatic carbocycles. The zero-order chi connectivity index (χ0) is 11.2. The highest BCUT2D eigenvalue weighted by Gasteiger charge is 2.27. The maximum absolute atomic E-state index is 11.4. The minimum Gasteiger partial charge on any atom is -0.465 e. The van der Waals surface area contributed by atoms with Crippen molar-refractivity contribution in [1.29, 1.82) is 0 Å². The molecule has 82 valence electrons. The van der Waals surface area contributed by atoms with Gasteiger partial charge >= 0.3 is 5.97 Å². The summed E-state index contributed by atoms with van der Waals surface area (Å²) in [7, 11) is 0. The van der Waals surface area contributed by atoms with E-state index in [4.69, 9.17) is 4.74 Å². The van der Waals surface area contributed by atoms with Gasteiger partial charge in [-0.25, -0.2) is 0 Å². The van der Waals surface area contributed by atoms with Crippen LogP contribution >= 0.6 is 0 Å². The Morgan fingerprint density at radius 3 is 2.36 bits per heavy atom. The summed E-state index contributed by atoms with van der Waals surface area (Å²) >= 11 is 0. The molecule has 4 heteroatoms. The van der Waals surface area contributed by atoms with E-state index in [1.54, 1.807) is 20.8 Å². The van der Waals surface area contributed by atoms with E-state index in [-0.39, 0.29) is 11.8 Å². The van der Waals surface area contributed by atoms with Crippen LogP contribution < -0.4 is 5.32 Å². The number of esters is 1. The molecule has 0 heterocycles. The molecule has 0 aliphatic heterocycles. The lowest BCUT2D eigenvalue weighted by Crippen LogP contribution is -2.48. The Morgan fingerprint density at radius 1 is 1.36 bits per heavy atom. The Hall–Kier alpha value is -0.900. The van der Waals surface area contributed by atoms with Crippen molar-refractivity contribution in [2.75, 3.05) is 13.2 Å². The third kappa shape index (κ3) is 4.97. The average Bonchev–Trinajstić information content (AvgIpc) is 2.03. The van der Waals surface area contributed by atoms with E-state index in [9.17, 15) is 9.59 Å². The first-order valence-electron chi connectivity index (χ1n) is 4.82. The van der Waals surface area contributed by atoms with Gasteiger partial charge in [0, 0.05) is 13.0 Å². The Labute approximate surface area is 85.0 Å². The predicted molar refractivity (Wildman–Crippen MR) is 54.0 cm³/mol. The van der Waals surface area contributed by atoms with Crippen molar-refractivity contribution in [3.05, 3.63) is 0 Å². The van der Waals surface area contributed by atoms with Crippen LogP contribution in [0.3, 0.4) is 0 Å². The Morgan fingerprint density at radius 2 is 1.93 bits per heavy atom. The normalized spacial score (nSPS) is 11.1. The van der Waals surface area contributed by atoms with Crippen LogP contribution in [0.1, 0.15) is 34.1 Å². The number of hydrogen-bond donors (Lipinski definition) is 1. The number of ketones is 1. The second-order valence-electron chi connectivity index (χ2n) is 3.72. The van der Waals surface area contributed by atoms with E-state index in [0.717, 1.165) is 0 Å². The van der Waals surface area contributed by atoms with E-state index in [1.807, 2.05) is 0 Å². The summed E-state index contributed by atoms with van der Waals surface area (Å²) in [6.07, 6.45) is 0.433. The minimum atomic E-state index is -0.717. The number of ether oxygens (including phenoxy) is 1. The largest absolute Gasteiger partial charge is 0.465 e. The molecule has 0 aromatic carbocycles. The number of rotatable bonds is 6. The number of Topliss-reactive ketones (excluding diaryl/α,β-unsaturated/α-hetero) is 1. The van der Waals surface area contributed by atoms with Gasteiger partial charge in [0.25, 0.3) is 0 Å². The summed E-state index contributed by atoms with van der Waals surface area (Å²) in [6, 6.07) is 0. The van der Waals surface area contributed by atoms with Gasteiger partial charge in [-0.2, -0.15) is 0 Å². The topological polar surface area (TPSA) is 55.4 Å². The van der Waals surface area contributed by atoms with E-state index in [1.165, 1.54) is 6.92 Å². The molecule has 0 aromatic heterocycles. The molecule has 1 N–H and O–H groups in total. The van der Waals surface area contributed by atoms with Crippen molar-refractivity contribution in [3.63, 3.8) is 0 Å². The molecule has 0 amide bonds. The van der Waals surface area contributed by atoms with Gasteiger partial charge in [0.1, 0.15) is 11.3 Å². The highest BCUT2D eigenvalue weighted by molar-refractivity contribution is 5.80. The number of nitrogens with one attached hydrogen (secondary N) is 1. The third-order valence-corrected chi connectivity index (χ3v) is 1.83. The Balaban J connectivity index is 3.93. The first-order chi connectivity index (χ1) is 6.40.